The number of carbonyl (C=O) groups is 4. The maximum absolute atomic E-state index is 13.4. The predicted octanol–water partition coefficient (Wildman–Crippen LogP) is 13.8. The number of ether oxygens (including phenoxy) is 4. The molecular weight excluding hydrogens is 1390 g/mol. The molecule has 4 amide bonds. The van der Waals surface area contributed by atoms with E-state index in [1.807, 2.05) is 146 Å². The molecular formula is C87H118N4O13Si3. The maximum Gasteiger partial charge on any atom is 0.411 e. The fourth-order valence-electron chi connectivity index (χ4n) is 14.7. The fraction of sp³-hybridized carbons (Fsp3) is 0.448. The van der Waals surface area contributed by atoms with E-state index >= 15 is 0 Å². The Labute approximate surface area is 640 Å². The SMILES string of the molecule is CC(C)(C)OC(=O)N1CC=C[C@H]1CO[Si](c1ccccc1)(c1ccccc1)C(C)(C)C.CC(C)(C)OC(=O)N1C[C@H](O)[C@H](NC(=O)OCc2ccccc2)[C@H]1CO[Si](c1ccccc1)(c1ccccc1)C(C)(C)C.C[C@H]1CN(C(=O)OC(C)(C)C)[C@H](CO[Si](c2ccccc2)(c2ccccc2)C(C)(C)C)[C@H]1O. The van der Waals surface area contributed by atoms with Crippen LogP contribution < -0.4 is 36.4 Å². The molecule has 0 aliphatic carbocycles. The number of β-amino-alcohol motifs (C(OH)–C–C–N with tert-alkyl or cyclic N) is 1. The first-order valence-corrected chi connectivity index (χ1v) is 43.2. The summed E-state index contributed by atoms with van der Waals surface area (Å²) in [4.78, 5) is 57.0. The Morgan fingerprint density at radius 2 is 0.710 bits per heavy atom. The van der Waals surface area contributed by atoms with Crippen molar-refractivity contribution in [2.45, 2.75) is 206 Å². The highest BCUT2D eigenvalue weighted by atomic mass is 28.4. The zero-order chi connectivity index (χ0) is 78.4. The van der Waals surface area contributed by atoms with Gasteiger partial charge in [0.05, 0.1) is 62.7 Å². The lowest BCUT2D eigenvalue weighted by atomic mass is 10.1. The van der Waals surface area contributed by atoms with Crippen LogP contribution in [-0.4, -0.2) is 167 Å². The summed E-state index contributed by atoms with van der Waals surface area (Å²) in [5.74, 6) is -0.0507. The van der Waals surface area contributed by atoms with Gasteiger partial charge in [-0.3, -0.25) is 14.7 Å². The Hall–Kier alpha value is -8.19. The summed E-state index contributed by atoms with van der Waals surface area (Å²) in [7, 11) is -8.39. The fourth-order valence-corrected chi connectivity index (χ4v) is 28.4. The molecule has 0 aromatic heterocycles. The summed E-state index contributed by atoms with van der Waals surface area (Å²) < 4.78 is 43.6. The number of hydrogen-bond donors (Lipinski definition) is 3. The van der Waals surface area contributed by atoms with Gasteiger partial charge in [0.2, 0.25) is 0 Å². The molecule has 20 heteroatoms. The summed E-state index contributed by atoms with van der Waals surface area (Å²) in [6.07, 6.45) is 0.389. The van der Waals surface area contributed by atoms with E-state index in [1.54, 1.807) is 30.6 Å². The van der Waals surface area contributed by atoms with Crippen LogP contribution >= 0.6 is 0 Å². The summed E-state index contributed by atoms with van der Waals surface area (Å²) in [6, 6.07) is 69.5. The number of rotatable bonds is 18. The van der Waals surface area contributed by atoms with Gasteiger partial charge in [-0.05, 0) is 114 Å². The molecule has 2 fully saturated rings. The summed E-state index contributed by atoms with van der Waals surface area (Å²) in [6.45, 7) is 40.3. The minimum atomic E-state index is -2.98. The van der Waals surface area contributed by atoms with Crippen molar-refractivity contribution in [3.8, 4) is 0 Å². The van der Waals surface area contributed by atoms with Crippen molar-refractivity contribution in [1.82, 2.24) is 20.0 Å². The molecule has 0 unspecified atom stereocenters. The smallest absolute Gasteiger partial charge is 0.411 e. The van der Waals surface area contributed by atoms with Crippen LogP contribution in [0.15, 0.2) is 224 Å². The highest BCUT2D eigenvalue weighted by Crippen LogP contribution is 2.41. The first-order chi connectivity index (χ1) is 50.2. The number of aliphatic hydroxyl groups is 2. The summed E-state index contributed by atoms with van der Waals surface area (Å²) in [5.41, 5.74) is -1.03. The number of benzene rings is 7. The number of hydrogen-bond acceptors (Lipinski definition) is 13. The Kier molecular flexibility index (Phi) is 28.0. The van der Waals surface area contributed by atoms with Crippen molar-refractivity contribution in [3.05, 3.63) is 230 Å². The molecule has 7 aromatic carbocycles. The van der Waals surface area contributed by atoms with Crippen molar-refractivity contribution in [1.29, 1.82) is 0 Å². The van der Waals surface area contributed by atoms with Crippen molar-refractivity contribution in [2.75, 3.05) is 39.5 Å². The number of carbonyl (C=O) groups excluding carboxylic acids is 4. The molecule has 0 spiro atoms. The van der Waals surface area contributed by atoms with E-state index in [2.05, 4.69) is 195 Å². The van der Waals surface area contributed by atoms with Crippen LogP contribution in [0, 0.1) is 5.92 Å². The van der Waals surface area contributed by atoms with Crippen molar-refractivity contribution in [2.24, 2.45) is 5.92 Å². The third-order valence-corrected chi connectivity index (χ3v) is 34.6. The van der Waals surface area contributed by atoms with Crippen LogP contribution in [-0.2, 0) is 38.8 Å². The third kappa shape index (κ3) is 21.0. The van der Waals surface area contributed by atoms with E-state index in [0.717, 1.165) is 15.9 Å². The molecule has 0 saturated carbocycles. The van der Waals surface area contributed by atoms with Crippen LogP contribution in [0.4, 0.5) is 19.2 Å². The van der Waals surface area contributed by atoms with Crippen molar-refractivity contribution >= 4 is 80.4 Å². The van der Waals surface area contributed by atoms with Gasteiger partial charge in [-0.2, -0.15) is 0 Å². The maximum atomic E-state index is 13.4. The Morgan fingerprint density at radius 1 is 0.411 bits per heavy atom. The average Bonchev–Trinajstić information content (AvgIpc) is 1.14. The second-order valence-electron chi connectivity index (χ2n) is 34.2. The third-order valence-electron chi connectivity index (χ3n) is 19.6. The van der Waals surface area contributed by atoms with Gasteiger partial charge in [-0.25, -0.2) is 19.2 Å². The minimum Gasteiger partial charge on any atom is -0.445 e. The average molecular weight is 1510 g/mol. The Morgan fingerprint density at radius 3 is 1.04 bits per heavy atom. The zero-order valence-corrected chi connectivity index (χ0v) is 69.6. The molecule has 2 saturated heterocycles. The van der Waals surface area contributed by atoms with Crippen LogP contribution in [0.5, 0.6) is 0 Å². The topological polar surface area (TPSA) is 195 Å². The minimum absolute atomic E-state index is 0.0205. The number of alkyl carbamates (subject to hydrolysis) is 1. The molecule has 10 rings (SSSR count). The van der Waals surface area contributed by atoms with Gasteiger partial charge in [-0.1, -0.05) is 294 Å². The van der Waals surface area contributed by atoms with E-state index in [1.165, 1.54) is 25.6 Å². The summed E-state index contributed by atoms with van der Waals surface area (Å²) >= 11 is 0. The molecule has 17 nitrogen and oxygen atoms in total. The highest BCUT2D eigenvalue weighted by Gasteiger charge is 2.56. The number of amides is 4. The van der Waals surface area contributed by atoms with Crippen molar-refractivity contribution in [3.63, 3.8) is 0 Å². The van der Waals surface area contributed by atoms with Gasteiger partial charge in [0, 0.05) is 19.0 Å². The van der Waals surface area contributed by atoms with E-state index in [0.29, 0.717) is 19.7 Å². The first kappa shape index (κ1) is 84.4. The monoisotopic (exact) mass is 1510 g/mol. The molecule has 3 heterocycles. The van der Waals surface area contributed by atoms with Crippen LogP contribution in [0.2, 0.25) is 15.1 Å². The molecule has 3 aliphatic rings. The molecule has 107 heavy (non-hydrogen) atoms. The lowest BCUT2D eigenvalue weighted by Crippen LogP contribution is -2.68. The number of nitrogens with zero attached hydrogens (tertiary/aromatic N) is 3. The quantitative estimate of drug-likeness (QED) is 0.0418. The van der Waals surface area contributed by atoms with Gasteiger partial charge in [-0.15, -0.1) is 0 Å². The van der Waals surface area contributed by atoms with Gasteiger partial charge >= 0.3 is 24.4 Å². The van der Waals surface area contributed by atoms with Crippen LogP contribution in [0.1, 0.15) is 137 Å². The predicted molar refractivity (Wildman–Crippen MR) is 435 cm³/mol. The normalized spacial score (nSPS) is 19.4. The molecule has 0 bridgehead atoms. The van der Waals surface area contributed by atoms with E-state index in [-0.39, 0.29) is 59.5 Å². The largest absolute Gasteiger partial charge is 0.445 e. The van der Waals surface area contributed by atoms with Gasteiger partial charge in [0.1, 0.15) is 23.4 Å². The van der Waals surface area contributed by atoms with Crippen LogP contribution in [0.25, 0.3) is 0 Å². The zero-order valence-electron chi connectivity index (χ0n) is 66.6. The van der Waals surface area contributed by atoms with Gasteiger partial charge < -0.3 is 47.8 Å². The standard InChI is InChI=1S/C34H44N2O6Si.C27H39NO4Si.C26H35NO3Si/c1-33(2,3)42-32(39)36-22-29(37)30(35-31(38)40-23-25-16-10-7-11-17-25)28(36)24-41-43(34(4,5)6,26-18-12-8-13-19-26)27-20-14-9-15-21-27;1-20-18-28(25(30)32-26(2,3)4)23(24(20)29)19-31-33(27(5,6)7,21-14-10-8-11-15-21)22-16-12-9-13-17-22;1-25(2,3)30-24(28)27-19-13-14-21(27)20-29-31(26(4,5)6,22-15-9-7-10-16-22)23-17-11-8-12-18-23/h7-21,28-30,37H,22-24H2,1-6H3,(H,35,38);8-17,20,23-24,29H,18-19H2,1-7H3;7-18,21H,19-20H2,1-6H3/t28-,29+,30-;20-,23+,24-;21-/m100/s1. The van der Waals surface area contributed by atoms with Crippen molar-refractivity contribution < 1.29 is 61.6 Å². The van der Waals surface area contributed by atoms with E-state index in [9.17, 15) is 29.4 Å². The molecule has 3 aliphatic heterocycles. The number of likely N-dealkylation sites (tertiary alicyclic amines) is 2. The summed E-state index contributed by atoms with van der Waals surface area (Å²) in [5, 5.41) is 31.4. The molecule has 7 aromatic rings. The van der Waals surface area contributed by atoms with Gasteiger partial charge in [0.15, 0.2) is 0 Å². The number of nitrogens with one attached hydrogen (secondary N) is 1. The first-order valence-electron chi connectivity index (χ1n) is 37.5. The Bertz CT molecular complexity index is 3860. The second kappa shape index (κ2) is 35.4. The van der Waals surface area contributed by atoms with Crippen LogP contribution in [0.3, 0.4) is 0 Å². The van der Waals surface area contributed by atoms with E-state index in [4.69, 9.17) is 32.2 Å². The molecule has 7 atom stereocenters. The lowest BCUT2D eigenvalue weighted by Gasteiger charge is -2.44. The Balaban J connectivity index is 0.000000206. The lowest BCUT2D eigenvalue weighted by molar-refractivity contribution is 0.00725. The number of aliphatic hydroxyl groups excluding tert-OH is 2. The molecule has 3 N–H and O–H groups in total. The van der Waals surface area contributed by atoms with E-state index < -0.39 is 90.4 Å². The molecule has 0 radical (unpaired) electrons. The second-order valence-corrected chi connectivity index (χ2v) is 47.1. The molecule has 576 valence electrons. The van der Waals surface area contributed by atoms with Gasteiger partial charge in [0.25, 0.3) is 25.0 Å². The highest BCUT2D eigenvalue weighted by molar-refractivity contribution is 7.00.